The Kier molecular flexibility index (Phi) is 3.76. The van der Waals surface area contributed by atoms with E-state index in [0.717, 1.165) is 19.6 Å². The van der Waals surface area contributed by atoms with Gasteiger partial charge in [0, 0.05) is 19.3 Å². The van der Waals surface area contributed by atoms with Crippen LogP contribution >= 0.6 is 0 Å². The Morgan fingerprint density at radius 2 is 2.10 bits per heavy atom. The first-order valence-electron chi connectivity index (χ1n) is 6.97. The Morgan fingerprint density at radius 1 is 1.25 bits per heavy atom. The normalized spacial score (nSPS) is 18.9. The van der Waals surface area contributed by atoms with Gasteiger partial charge in [-0.25, -0.2) is 4.98 Å². The topological polar surface area (TPSA) is 39.9 Å². The molecule has 2 aromatic rings. The molecule has 0 amide bonds. The lowest BCUT2D eigenvalue weighted by atomic mass is 9.99. The first-order valence-corrected chi connectivity index (χ1v) is 6.97. The Hall–Kier alpha value is -2.18. The molecule has 1 aromatic heterocycles. The summed E-state index contributed by atoms with van der Waals surface area (Å²) >= 11 is 0. The first kappa shape index (κ1) is 12.8. The predicted molar refractivity (Wildman–Crippen MR) is 78.0 cm³/mol. The molecule has 1 aromatic carbocycles. The van der Waals surface area contributed by atoms with Gasteiger partial charge in [0.25, 0.3) is 0 Å². The minimum absolute atomic E-state index is 0.501. The maximum atomic E-state index is 8.89. The summed E-state index contributed by atoms with van der Waals surface area (Å²) in [6.45, 7) is 3.11. The van der Waals surface area contributed by atoms with Crippen LogP contribution < -0.4 is 0 Å². The highest BCUT2D eigenvalue weighted by atomic mass is 15.1. The monoisotopic (exact) mass is 263 g/mol. The first-order chi connectivity index (χ1) is 9.85. The summed E-state index contributed by atoms with van der Waals surface area (Å²) in [6.07, 6.45) is 2.93. The molecule has 1 saturated heterocycles. The van der Waals surface area contributed by atoms with E-state index in [1.807, 2.05) is 12.1 Å². The van der Waals surface area contributed by atoms with E-state index in [-0.39, 0.29) is 0 Å². The molecule has 0 aliphatic carbocycles. The largest absolute Gasteiger partial charge is 0.298 e. The van der Waals surface area contributed by atoms with Gasteiger partial charge < -0.3 is 0 Å². The quantitative estimate of drug-likeness (QED) is 0.854. The molecule has 3 rings (SSSR count). The zero-order valence-corrected chi connectivity index (χ0v) is 11.4. The zero-order chi connectivity index (χ0) is 13.8. The van der Waals surface area contributed by atoms with E-state index < -0.39 is 0 Å². The number of hydrogen-bond acceptors (Lipinski definition) is 3. The second kappa shape index (κ2) is 5.85. The van der Waals surface area contributed by atoms with Gasteiger partial charge in [-0.05, 0) is 42.1 Å². The molecule has 2 heterocycles. The van der Waals surface area contributed by atoms with Crippen LogP contribution in [0, 0.1) is 11.3 Å². The number of pyridine rings is 1. The van der Waals surface area contributed by atoms with Gasteiger partial charge in [0.2, 0.25) is 0 Å². The average Bonchev–Trinajstić information content (AvgIpc) is 2.97. The average molecular weight is 263 g/mol. The summed E-state index contributed by atoms with van der Waals surface area (Å²) < 4.78 is 0. The lowest BCUT2D eigenvalue weighted by molar-refractivity contribution is 0.326. The predicted octanol–water partition coefficient (Wildman–Crippen LogP) is 2.94. The van der Waals surface area contributed by atoms with Crippen LogP contribution in [0.3, 0.4) is 0 Å². The SMILES string of the molecule is N#Cc1cc(CN2CCC(c3ccccc3)C2)ccn1. The fourth-order valence-electron chi connectivity index (χ4n) is 2.87. The third-order valence-electron chi connectivity index (χ3n) is 3.89. The van der Waals surface area contributed by atoms with Crippen LogP contribution in [-0.2, 0) is 6.54 Å². The van der Waals surface area contributed by atoms with Crippen molar-refractivity contribution < 1.29 is 0 Å². The summed E-state index contributed by atoms with van der Waals surface area (Å²) in [7, 11) is 0. The van der Waals surface area contributed by atoms with Crippen LogP contribution in [0.1, 0.15) is 29.2 Å². The van der Waals surface area contributed by atoms with Gasteiger partial charge in [0.1, 0.15) is 11.8 Å². The lowest BCUT2D eigenvalue weighted by Gasteiger charge is -2.16. The van der Waals surface area contributed by atoms with Crippen LogP contribution in [0.5, 0.6) is 0 Å². The lowest BCUT2D eigenvalue weighted by Crippen LogP contribution is -2.19. The molecule has 1 fully saturated rings. The Morgan fingerprint density at radius 3 is 2.90 bits per heavy atom. The molecule has 0 N–H and O–H groups in total. The Balaban J connectivity index is 1.64. The summed E-state index contributed by atoms with van der Waals surface area (Å²) in [5, 5.41) is 8.89. The van der Waals surface area contributed by atoms with Crippen LogP contribution in [0.25, 0.3) is 0 Å². The number of benzene rings is 1. The van der Waals surface area contributed by atoms with E-state index in [1.165, 1.54) is 17.5 Å². The van der Waals surface area contributed by atoms with Crippen LogP contribution in [0.4, 0.5) is 0 Å². The minimum Gasteiger partial charge on any atom is -0.298 e. The summed E-state index contributed by atoms with van der Waals surface area (Å²) in [6, 6.07) is 16.7. The van der Waals surface area contributed by atoms with Crippen LogP contribution in [0.15, 0.2) is 48.7 Å². The highest BCUT2D eigenvalue weighted by Gasteiger charge is 2.23. The number of aromatic nitrogens is 1. The van der Waals surface area contributed by atoms with Crippen molar-refractivity contribution in [3.05, 3.63) is 65.5 Å². The van der Waals surface area contributed by atoms with E-state index >= 15 is 0 Å². The standard InChI is InChI=1S/C17H17N3/c18-11-17-10-14(6-8-19-17)12-20-9-7-16(13-20)15-4-2-1-3-5-15/h1-6,8,10,16H,7,9,12-13H2. The molecule has 1 aliphatic heterocycles. The smallest absolute Gasteiger partial charge is 0.140 e. The molecule has 0 saturated carbocycles. The Bertz CT molecular complexity index is 616. The molecule has 1 unspecified atom stereocenters. The minimum atomic E-state index is 0.501. The molecule has 3 heteroatoms. The molecule has 0 radical (unpaired) electrons. The van der Waals surface area contributed by atoms with E-state index in [9.17, 15) is 0 Å². The van der Waals surface area contributed by atoms with Gasteiger partial charge in [0.05, 0.1) is 0 Å². The third kappa shape index (κ3) is 2.87. The van der Waals surface area contributed by atoms with Crippen molar-refractivity contribution in [3.63, 3.8) is 0 Å². The summed E-state index contributed by atoms with van der Waals surface area (Å²) in [4.78, 5) is 6.47. The van der Waals surface area contributed by atoms with Crippen molar-refractivity contribution in [1.29, 1.82) is 5.26 Å². The fourth-order valence-corrected chi connectivity index (χ4v) is 2.87. The maximum absolute atomic E-state index is 8.89. The van der Waals surface area contributed by atoms with Gasteiger partial charge in [-0.2, -0.15) is 5.26 Å². The molecule has 3 nitrogen and oxygen atoms in total. The number of hydrogen-bond donors (Lipinski definition) is 0. The molecule has 0 bridgehead atoms. The highest BCUT2D eigenvalue weighted by Crippen LogP contribution is 2.27. The van der Waals surface area contributed by atoms with Gasteiger partial charge in [-0.3, -0.25) is 4.90 Å². The second-order valence-electron chi connectivity index (χ2n) is 5.29. The summed E-state index contributed by atoms with van der Waals surface area (Å²) in [5.41, 5.74) is 3.11. The van der Waals surface area contributed by atoms with E-state index in [0.29, 0.717) is 11.6 Å². The maximum Gasteiger partial charge on any atom is 0.140 e. The van der Waals surface area contributed by atoms with Gasteiger partial charge in [0.15, 0.2) is 0 Å². The van der Waals surface area contributed by atoms with Crippen LogP contribution in [-0.4, -0.2) is 23.0 Å². The number of nitrogens with zero attached hydrogens (tertiary/aromatic N) is 3. The van der Waals surface area contributed by atoms with E-state index in [4.69, 9.17) is 5.26 Å². The van der Waals surface area contributed by atoms with E-state index in [1.54, 1.807) is 6.20 Å². The molecule has 100 valence electrons. The van der Waals surface area contributed by atoms with Crippen LogP contribution in [0.2, 0.25) is 0 Å². The number of nitriles is 1. The molecule has 1 atom stereocenters. The number of rotatable bonds is 3. The zero-order valence-electron chi connectivity index (χ0n) is 11.4. The molecule has 1 aliphatic rings. The van der Waals surface area contributed by atoms with Gasteiger partial charge in [-0.15, -0.1) is 0 Å². The van der Waals surface area contributed by atoms with Crippen molar-refractivity contribution in [2.24, 2.45) is 0 Å². The Labute approximate surface area is 119 Å². The highest BCUT2D eigenvalue weighted by molar-refractivity contribution is 5.26. The van der Waals surface area contributed by atoms with Gasteiger partial charge in [-0.1, -0.05) is 30.3 Å². The number of likely N-dealkylation sites (tertiary alicyclic amines) is 1. The summed E-state index contributed by atoms with van der Waals surface area (Å²) in [5.74, 6) is 0.633. The molecule has 0 spiro atoms. The second-order valence-corrected chi connectivity index (χ2v) is 5.29. The fraction of sp³-hybridized carbons (Fsp3) is 0.294. The van der Waals surface area contributed by atoms with Crippen molar-refractivity contribution in [1.82, 2.24) is 9.88 Å². The van der Waals surface area contributed by atoms with E-state index in [2.05, 4.69) is 46.3 Å². The van der Waals surface area contributed by atoms with Gasteiger partial charge >= 0.3 is 0 Å². The molecular formula is C17H17N3. The van der Waals surface area contributed by atoms with Crippen molar-refractivity contribution in [2.75, 3.05) is 13.1 Å². The van der Waals surface area contributed by atoms with Crippen molar-refractivity contribution in [3.8, 4) is 6.07 Å². The van der Waals surface area contributed by atoms with Crippen molar-refractivity contribution >= 4 is 0 Å². The third-order valence-corrected chi connectivity index (χ3v) is 3.89. The van der Waals surface area contributed by atoms with Crippen molar-refractivity contribution in [2.45, 2.75) is 18.9 Å². The molecule has 20 heavy (non-hydrogen) atoms. The molecular weight excluding hydrogens is 246 g/mol.